The summed E-state index contributed by atoms with van der Waals surface area (Å²) in [6, 6.07) is 0. The van der Waals surface area contributed by atoms with Crippen molar-refractivity contribution < 1.29 is 0 Å². The van der Waals surface area contributed by atoms with Crippen molar-refractivity contribution in [3.05, 3.63) is 5.82 Å². The Labute approximate surface area is 106 Å². The molecule has 0 aromatic carbocycles. The molecular weight excluding hydrogens is 234 g/mol. The fraction of sp³-hybridized carbons (Fsp3) is 0.727. The van der Waals surface area contributed by atoms with Crippen molar-refractivity contribution in [2.24, 2.45) is 0 Å². The van der Waals surface area contributed by atoms with E-state index in [1.807, 2.05) is 0 Å². The predicted molar refractivity (Wildman–Crippen MR) is 72.1 cm³/mol. The van der Waals surface area contributed by atoms with E-state index in [4.69, 9.17) is 5.73 Å². The molecule has 0 bridgehead atoms. The Hall–Kier alpha value is -1.04. The molecule has 5 nitrogen and oxygen atoms in total. The molecule has 1 aromatic rings. The zero-order chi connectivity index (χ0) is 12.1. The summed E-state index contributed by atoms with van der Waals surface area (Å²) in [4.78, 5) is 15.1. The molecule has 2 N–H and O–H groups in total. The van der Waals surface area contributed by atoms with Gasteiger partial charge in [0.05, 0.1) is 5.75 Å². The molecule has 0 atom stereocenters. The van der Waals surface area contributed by atoms with E-state index in [2.05, 4.69) is 26.8 Å². The van der Waals surface area contributed by atoms with E-state index in [0.717, 1.165) is 36.4 Å². The Morgan fingerprint density at radius 2 is 1.94 bits per heavy atom. The lowest BCUT2D eigenvalue weighted by Crippen LogP contribution is -2.31. The molecule has 2 heterocycles. The molecule has 1 aliphatic heterocycles. The molecule has 0 aliphatic carbocycles. The van der Waals surface area contributed by atoms with Gasteiger partial charge in [-0.3, -0.25) is 0 Å². The first kappa shape index (κ1) is 12.4. The molecule has 17 heavy (non-hydrogen) atoms. The zero-order valence-electron chi connectivity index (χ0n) is 10.2. The van der Waals surface area contributed by atoms with Crippen molar-refractivity contribution in [2.45, 2.75) is 31.9 Å². The highest BCUT2D eigenvalue weighted by Gasteiger charge is 2.15. The molecular formula is C11H19N5S. The molecule has 0 spiro atoms. The van der Waals surface area contributed by atoms with Crippen LogP contribution in [0.25, 0.3) is 0 Å². The van der Waals surface area contributed by atoms with Crippen LogP contribution < -0.4 is 10.6 Å². The molecule has 1 saturated heterocycles. The van der Waals surface area contributed by atoms with Gasteiger partial charge in [0.1, 0.15) is 5.82 Å². The lowest BCUT2D eigenvalue weighted by atomic mass is 10.1. The first-order chi connectivity index (χ1) is 8.29. The average Bonchev–Trinajstić information content (AvgIpc) is 2.37. The summed E-state index contributed by atoms with van der Waals surface area (Å²) >= 11 is 1.80. The second kappa shape index (κ2) is 6.05. The first-order valence-corrected chi connectivity index (χ1v) is 7.28. The maximum atomic E-state index is 5.74. The summed E-state index contributed by atoms with van der Waals surface area (Å²) < 4.78 is 0. The standard InChI is InChI=1S/C11H19N5S/c1-2-17-8-9-13-10(12)15-11(14-9)16-6-4-3-5-7-16/h2-8H2,1H3,(H2,12,13,14,15). The lowest BCUT2D eigenvalue weighted by molar-refractivity contribution is 0.567. The number of nitrogen functional groups attached to an aromatic ring is 1. The molecule has 0 unspecified atom stereocenters. The summed E-state index contributed by atoms with van der Waals surface area (Å²) in [5.74, 6) is 3.76. The van der Waals surface area contributed by atoms with E-state index >= 15 is 0 Å². The van der Waals surface area contributed by atoms with Gasteiger partial charge in [0.15, 0.2) is 0 Å². The van der Waals surface area contributed by atoms with Gasteiger partial charge in [0, 0.05) is 13.1 Å². The van der Waals surface area contributed by atoms with Crippen molar-refractivity contribution in [3.63, 3.8) is 0 Å². The number of piperidine rings is 1. The Morgan fingerprint density at radius 3 is 2.65 bits per heavy atom. The third-order valence-corrected chi connectivity index (χ3v) is 3.63. The van der Waals surface area contributed by atoms with Gasteiger partial charge in [-0.2, -0.15) is 26.7 Å². The second-order valence-corrected chi connectivity index (χ2v) is 5.37. The minimum atomic E-state index is 0.340. The summed E-state index contributed by atoms with van der Waals surface area (Å²) in [5.41, 5.74) is 5.74. The van der Waals surface area contributed by atoms with Crippen LogP contribution in [0.2, 0.25) is 0 Å². The van der Waals surface area contributed by atoms with Crippen LogP contribution in [-0.2, 0) is 5.75 Å². The number of rotatable bonds is 4. The van der Waals surface area contributed by atoms with Crippen molar-refractivity contribution in [3.8, 4) is 0 Å². The van der Waals surface area contributed by atoms with Crippen molar-refractivity contribution in [1.29, 1.82) is 0 Å². The third-order valence-electron chi connectivity index (χ3n) is 2.76. The maximum absolute atomic E-state index is 5.74. The van der Waals surface area contributed by atoms with E-state index < -0.39 is 0 Å². The Kier molecular flexibility index (Phi) is 4.42. The topological polar surface area (TPSA) is 67.9 Å². The number of anilines is 2. The van der Waals surface area contributed by atoms with Gasteiger partial charge < -0.3 is 10.6 Å². The number of nitrogens with two attached hydrogens (primary N) is 1. The zero-order valence-corrected chi connectivity index (χ0v) is 11.0. The minimum absolute atomic E-state index is 0.340. The number of hydrogen-bond acceptors (Lipinski definition) is 6. The highest BCUT2D eigenvalue weighted by atomic mass is 32.2. The fourth-order valence-electron chi connectivity index (χ4n) is 1.92. The first-order valence-electron chi connectivity index (χ1n) is 6.12. The fourth-order valence-corrected chi connectivity index (χ4v) is 2.43. The SMILES string of the molecule is CCSCc1nc(N)nc(N2CCCCC2)n1. The third kappa shape index (κ3) is 3.46. The second-order valence-electron chi connectivity index (χ2n) is 4.09. The van der Waals surface area contributed by atoms with E-state index in [1.54, 1.807) is 11.8 Å². The average molecular weight is 253 g/mol. The van der Waals surface area contributed by atoms with Crippen LogP contribution in [-0.4, -0.2) is 33.8 Å². The van der Waals surface area contributed by atoms with Crippen LogP contribution >= 0.6 is 11.8 Å². The Balaban J connectivity index is 2.12. The van der Waals surface area contributed by atoms with Gasteiger partial charge >= 0.3 is 0 Å². The molecule has 2 rings (SSSR count). The van der Waals surface area contributed by atoms with Gasteiger partial charge in [0.2, 0.25) is 11.9 Å². The van der Waals surface area contributed by atoms with Crippen LogP contribution in [0.15, 0.2) is 0 Å². The number of aromatic nitrogens is 3. The molecule has 94 valence electrons. The van der Waals surface area contributed by atoms with Crippen molar-refractivity contribution in [1.82, 2.24) is 15.0 Å². The van der Waals surface area contributed by atoms with Gasteiger partial charge in [-0.15, -0.1) is 0 Å². The van der Waals surface area contributed by atoms with Crippen molar-refractivity contribution in [2.75, 3.05) is 29.5 Å². The highest BCUT2D eigenvalue weighted by Crippen LogP contribution is 2.17. The minimum Gasteiger partial charge on any atom is -0.368 e. The van der Waals surface area contributed by atoms with Crippen LogP contribution in [0.3, 0.4) is 0 Å². The monoisotopic (exact) mass is 253 g/mol. The molecule has 0 saturated carbocycles. The van der Waals surface area contributed by atoms with E-state index in [0.29, 0.717) is 5.95 Å². The smallest absolute Gasteiger partial charge is 0.230 e. The van der Waals surface area contributed by atoms with Crippen LogP contribution in [0.1, 0.15) is 32.0 Å². The summed E-state index contributed by atoms with van der Waals surface area (Å²) in [7, 11) is 0. The van der Waals surface area contributed by atoms with Crippen LogP contribution in [0.5, 0.6) is 0 Å². The normalized spacial score (nSPS) is 16.2. The van der Waals surface area contributed by atoms with Gasteiger partial charge in [-0.1, -0.05) is 6.92 Å². The molecule has 0 amide bonds. The molecule has 1 aliphatic rings. The maximum Gasteiger partial charge on any atom is 0.230 e. The quantitative estimate of drug-likeness (QED) is 0.881. The van der Waals surface area contributed by atoms with E-state index in [1.165, 1.54) is 19.3 Å². The Morgan fingerprint density at radius 1 is 1.18 bits per heavy atom. The largest absolute Gasteiger partial charge is 0.368 e. The number of nitrogens with zero attached hydrogens (tertiary/aromatic N) is 4. The van der Waals surface area contributed by atoms with Crippen LogP contribution in [0.4, 0.5) is 11.9 Å². The summed E-state index contributed by atoms with van der Waals surface area (Å²) in [6.07, 6.45) is 3.73. The van der Waals surface area contributed by atoms with E-state index in [9.17, 15) is 0 Å². The van der Waals surface area contributed by atoms with Gasteiger partial charge in [-0.25, -0.2) is 0 Å². The Bertz CT molecular complexity index is 365. The van der Waals surface area contributed by atoms with Crippen LogP contribution in [0, 0.1) is 0 Å². The predicted octanol–water partition coefficient (Wildman–Crippen LogP) is 1.70. The molecule has 6 heteroatoms. The lowest BCUT2D eigenvalue weighted by Gasteiger charge is -2.26. The molecule has 1 fully saturated rings. The number of thioether (sulfide) groups is 1. The van der Waals surface area contributed by atoms with Gasteiger partial charge in [0.25, 0.3) is 0 Å². The summed E-state index contributed by atoms with van der Waals surface area (Å²) in [6.45, 7) is 4.19. The van der Waals surface area contributed by atoms with E-state index in [-0.39, 0.29) is 0 Å². The molecule has 0 radical (unpaired) electrons. The van der Waals surface area contributed by atoms with Crippen molar-refractivity contribution >= 4 is 23.7 Å². The molecule has 1 aromatic heterocycles. The number of hydrogen-bond donors (Lipinski definition) is 1. The highest BCUT2D eigenvalue weighted by molar-refractivity contribution is 7.98. The van der Waals surface area contributed by atoms with Gasteiger partial charge in [-0.05, 0) is 25.0 Å². The summed E-state index contributed by atoms with van der Waals surface area (Å²) in [5, 5.41) is 0.